The first-order chi connectivity index (χ1) is 4.39. The molecule has 0 saturated carbocycles. The van der Waals surface area contributed by atoms with Gasteiger partial charge in [-0.2, -0.15) is 0 Å². The summed E-state index contributed by atoms with van der Waals surface area (Å²) in [5, 5.41) is 0. The summed E-state index contributed by atoms with van der Waals surface area (Å²) in [5.74, 6) is -0.509. The van der Waals surface area contributed by atoms with Gasteiger partial charge in [-0.3, -0.25) is 4.79 Å². The van der Waals surface area contributed by atoms with E-state index in [0.717, 1.165) is 0 Å². The number of carbonyl (C=O) groups is 1. The molecule has 0 aliphatic rings. The molecule has 0 saturated heterocycles. The molecule has 3 nitrogen and oxygen atoms in total. The molecule has 2 N–H and O–H groups in total. The highest BCUT2D eigenvalue weighted by Gasteiger charge is 2.27. The monoisotopic (exact) mass is 181 g/mol. The Balaban J connectivity index is 0. The Labute approximate surface area is 73.7 Å². The fourth-order valence-electron chi connectivity index (χ4n) is 0.481. The summed E-state index contributed by atoms with van der Waals surface area (Å²) >= 11 is 0. The number of carbonyl (C=O) groups excluding carboxylic acids is 1. The van der Waals surface area contributed by atoms with Crippen LogP contribution in [0, 0.1) is 5.92 Å². The predicted molar refractivity (Wildman–Crippen MR) is 46.7 cm³/mol. The minimum atomic E-state index is -0.493. The topological polar surface area (TPSA) is 52.3 Å². The predicted octanol–water partition coefficient (Wildman–Crippen LogP) is 0.955. The summed E-state index contributed by atoms with van der Waals surface area (Å²) in [6, 6.07) is 0. The molecule has 0 aliphatic heterocycles. The molecule has 0 fully saturated rings. The SMILES string of the molecule is COC(=O)C(C)C(C)(C)N.Cl. The lowest BCUT2D eigenvalue weighted by Crippen LogP contribution is -2.43. The third kappa shape index (κ3) is 4.22. The largest absolute Gasteiger partial charge is 0.469 e. The number of hydrogen-bond donors (Lipinski definition) is 1. The maximum absolute atomic E-state index is 10.9. The molecule has 0 amide bonds. The summed E-state index contributed by atoms with van der Waals surface area (Å²) in [5.41, 5.74) is 5.16. The molecule has 0 aliphatic carbocycles. The molecule has 68 valence electrons. The van der Waals surface area contributed by atoms with Crippen LogP contribution in [0.25, 0.3) is 0 Å². The van der Waals surface area contributed by atoms with Gasteiger partial charge in [0.25, 0.3) is 0 Å². The van der Waals surface area contributed by atoms with E-state index in [0.29, 0.717) is 0 Å². The number of esters is 1. The Kier molecular flexibility index (Phi) is 5.53. The van der Waals surface area contributed by atoms with Crippen LogP contribution in [-0.2, 0) is 9.53 Å². The van der Waals surface area contributed by atoms with E-state index in [1.807, 2.05) is 0 Å². The Morgan fingerprint density at radius 3 is 2.00 bits per heavy atom. The zero-order valence-electron chi connectivity index (χ0n) is 7.38. The maximum atomic E-state index is 10.9. The second-order valence-corrected chi connectivity index (χ2v) is 3.07. The zero-order valence-corrected chi connectivity index (χ0v) is 8.20. The van der Waals surface area contributed by atoms with Gasteiger partial charge >= 0.3 is 5.97 Å². The van der Waals surface area contributed by atoms with E-state index < -0.39 is 5.54 Å². The third-order valence-corrected chi connectivity index (χ3v) is 1.67. The number of rotatable bonds is 2. The van der Waals surface area contributed by atoms with Gasteiger partial charge in [-0.25, -0.2) is 0 Å². The van der Waals surface area contributed by atoms with Gasteiger partial charge in [0.15, 0.2) is 0 Å². The van der Waals surface area contributed by atoms with E-state index in [2.05, 4.69) is 4.74 Å². The fourth-order valence-corrected chi connectivity index (χ4v) is 0.481. The summed E-state index contributed by atoms with van der Waals surface area (Å²) < 4.78 is 4.52. The van der Waals surface area contributed by atoms with Crippen molar-refractivity contribution in [2.45, 2.75) is 26.3 Å². The van der Waals surface area contributed by atoms with Gasteiger partial charge < -0.3 is 10.5 Å². The van der Waals surface area contributed by atoms with Crippen molar-refractivity contribution in [1.82, 2.24) is 0 Å². The molecule has 0 aromatic rings. The number of nitrogens with two attached hydrogens (primary N) is 1. The van der Waals surface area contributed by atoms with Crippen LogP contribution >= 0.6 is 12.4 Å². The van der Waals surface area contributed by atoms with E-state index in [-0.39, 0.29) is 24.3 Å². The third-order valence-electron chi connectivity index (χ3n) is 1.67. The second-order valence-electron chi connectivity index (χ2n) is 3.07. The van der Waals surface area contributed by atoms with Gasteiger partial charge in [-0.05, 0) is 13.8 Å². The zero-order chi connectivity index (χ0) is 8.36. The van der Waals surface area contributed by atoms with E-state index in [9.17, 15) is 4.79 Å². The first kappa shape index (κ1) is 13.3. The minimum Gasteiger partial charge on any atom is -0.469 e. The van der Waals surface area contributed by atoms with E-state index in [4.69, 9.17) is 5.73 Å². The van der Waals surface area contributed by atoms with Crippen LogP contribution in [0.3, 0.4) is 0 Å². The average molecular weight is 182 g/mol. The van der Waals surface area contributed by atoms with E-state index >= 15 is 0 Å². The molecule has 0 spiro atoms. The minimum absolute atomic E-state index is 0. The van der Waals surface area contributed by atoms with Gasteiger partial charge in [-0.15, -0.1) is 12.4 Å². The van der Waals surface area contributed by atoms with Crippen LogP contribution in [0.5, 0.6) is 0 Å². The molecule has 0 rings (SSSR count). The Morgan fingerprint density at radius 2 is 1.91 bits per heavy atom. The normalized spacial score (nSPS) is 13.2. The van der Waals surface area contributed by atoms with Crippen LogP contribution in [0.1, 0.15) is 20.8 Å². The second kappa shape index (κ2) is 4.57. The van der Waals surface area contributed by atoms with Gasteiger partial charge in [-0.1, -0.05) is 6.92 Å². The molecule has 0 aromatic heterocycles. The molecular weight excluding hydrogens is 166 g/mol. The summed E-state index contributed by atoms with van der Waals surface area (Å²) in [4.78, 5) is 10.9. The summed E-state index contributed by atoms with van der Waals surface area (Å²) in [6.07, 6.45) is 0. The molecule has 0 aromatic carbocycles. The van der Waals surface area contributed by atoms with Crippen molar-refractivity contribution in [2.75, 3.05) is 7.11 Å². The molecule has 11 heavy (non-hydrogen) atoms. The van der Waals surface area contributed by atoms with Crippen LogP contribution in [0.2, 0.25) is 0 Å². The van der Waals surface area contributed by atoms with Crippen LogP contribution in [0.15, 0.2) is 0 Å². The summed E-state index contributed by atoms with van der Waals surface area (Å²) in [6.45, 7) is 5.36. The van der Waals surface area contributed by atoms with Crippen molar-refractivity contribution in [2.24, 2.45) is 11.7 Å². The first-order valence-electron chi connectivity index (χ1n) is 3.26. The van der Waals surface area contributed by atoms with Crippen molar-refractivity contribution in [3.8, 4) is 0 Å². The highest BCUT2D eigenvalue weighted by atomic mass is 35.5. The Morgan fingerprint density at radius 1 is 1.55 bits per heavy atom. The number of ether oxygens (including phenoxy) is 1. The van der Waals surface area contributed by atoms with E-state index in [1.54, 1.807) is 20.8 Å². The first-order valence-corrected chi connectivity index (χ1v) is 3.26. The van der Waals surface area contributed by atoms with Crippen LogP contribution in [-0.4, -0.2) is 18.6 Å². The molecule has 0 radical (unpaired) electrons. The van der Waals surface area contributed by atoms with Gasteiger partial charge in [0, 0.05) is 5.54 Å². The molecule has 0 heterocycles. The quantitative estimate of drug-likeness (QED) is 0.646. The summed E-state index contributed by atoms with van der Waals surface area (Å²) in [7, 11) is 1.37. The van der Waals surface area contributed by atoms with Crippen molar-refractivity contribution >= 4 is 18.4 Å². The number of hydrogen-bond acceptors (Lipinski definition) is 3. The fraction of sp³-hybridized carbons (Fsp3) is 0.857. The molecule has 4 heteroatoms. The maximum Gasteiger partial charge on any atom is 0.310 e. The number of methoxy groups -OCH3 is 1. The highest BCUT2D eigenvalue weighted by Crippen LogP contribution is 2.13. The average Bonchev–Trinajstić information content (AvgIpc) is 1.83. The van der Waals surface area contributed by atoms with Crippen LogP contribution < -0.4 is 5.73 Å². The van der Waals surface area contributed by atoms with Crippen molar-refractivity contribution in [1.29, 1.82) is 0 Å². The van der Waals surface area contributed by atoms with Crippen molar-refractivity contribution in [3.05, 3.63) is 0 Å². The Bertz CT molecular complexity index is 131. The van der Waals surface area contributed by atoms with Crippen molar-refractivity contribution in [3.63, 3.8) is 0 Å². The van der Waals surface area contributed by atoms with Crippen LogP contribution in [0.4, 0.5) is 0 Å². The van der Waals surface area contributed by atoms with Gasteiger partial charge in [0.1, 0.15) is 0 Å². The molecule has 1 atom stereocenters. The number of halogens is 1. The molecule has 0 bridgehead atoms. The lowest BCUT2D eigenvalue weighted by atomic mass is 9.90. The van der Waals surface area contributed by atoms with Crippen molar-refractivity contribution < 1.29 is 9.53 Å². The lowest BCUT2D eigenvalue weighted by Gasteiger charge is -2.24. The lowest BCUT2D eigenvalue weighted by molar-refractivity contribution is -0.146. The molecular formula is C7H16ClNO2. The molecule has 1 unspecified atom stereocenters. The van der Waals surface area contributed by atoms with Gasteiger partial charge in [0.2, 0.25) is 0 Å². The highest BCUT2D eigenvalue weighted by molar-refractivity contribution is 5.85. The van der Waals surface area contributed by atoms with E-state index in [1.165, 1.54) is 7.11 Å². The standard InChI is InChI=1S/C7H15NO2.ClH/c1-5(6(9)10-4)7(2,3)8;/h5H,8H2,1-4H3;1H. The smallest absolute Gasteiger partial charge is 0.310 e. The Hall–Kier alpha value is -0.280. The van der Waals surface area contributed by atoms with Gasteiger partial charge in [0.05, 0.1) is 13.0 Å².